The number of nitrogens with zero attached hydrogens (tertiary/aromatic N) is 1. The molecule has 5 nitrogen and oxygen atoms in total. The molecule has 0 saturated heterocycles. The maximum atomic E-state index is 9.35. The van der Waals surface area contributed by atoms with Crippen LogP contribution >= 0.6 is 0 Å². The molecule has 0 fully saturated rings. The van der Waals surface area contributed by atoms with Crippen molar-refractivity contribution in [1.29, 1.82) is 5.26 Å². The monoisotopic (exact) mass is 336 g/mol. The van der Waals surface area contributed by atoms with Gasteiger partial charge in [0.1, 0.15) is 0 Å². The lowest BCUT2D eigenvalue weighted by Crippen LogP contribution is -2.25. The maximum absolute atomic E-state index is 9.35. The van der Waals surface area contributed by atoms with Gasteiger partial charge in [-0.2, -0.15) is 5.26 Å². The van der Waals surface area contributed by atoms with Gasteiger partial charge in [0.05, 0.1) is 50.2 Å². The van der Waals surface area contributed by atoms with Gasteiger partial charge in [-0.1, -0.05) is 26.0 Å². The Morgan fingerprint density at radius 2 is 1.96 bits per heavy atom. The first-order chi connectivity index (χ1) is 11.5. The summed E-state index contributed by atoms with van der Waals surface area (Å²) in [4.78, 5) is 0. The summed E-state index contributed by atoms with van der Waals surface area (Å²) in [6.45, 7) is 11.9. The summed E-state index contributed by atoms with van der Waals surface area (Å²) in [6.07, 6.45) is 3.86. The van der Waals surface area contributed by atoms with E-state index >= 15 is 0 Å². The minimum atomic E-state index is -0.421. The van der Waals surface area contributed by atoms with Crippen LogP contribution in [0.1, 0.15) is 40.0 Å². The lowest BCUT2D eigenvalue weighted by atomic mass is 10.1. The number of nitriles is 1. The standard InChI is InChI=1S/C19H32N2O3/c1-5-7-8-18(11-16(3)4)21-13-17(12-20)14-23-9-10-24-15-19(22)6-2/h7,17,19,21-22H,3,5-6,9-11,13-15H2,1-2,4H3. The number of aliphatic hydroxyl groups is 1. The lowest BCUT2D eigenvalue weighted by molar-refractivity contribution is -0.000363. The molecule has 0 radical (unpaired) electrons. The van der Waals surface area contributed by atoms with Crippen molar-refractivity contribution in [3.8, 4) is 6.07 Å². The van der Waals surface area contributed by atoms with E-state index in [-0.39, 0.29) is 5.92 Å². The number of rotatable bonds is 14. The highest BCUT2D eigenvalue weighted by Crippen LogP contribution is 2.06. The van der Waals surface area contributed by atoms with Gasteiger partial charge >= 0.3 is 0 Å². The summed E-state index contributed by atoms with van der Waals surface area (Å²) >= 11 is 0. The van der Waals surface area contributed by atoms with E-state index in [1.807, 2.05) is 19.9 Å². The minimum absolute atomic E-state index is 0.241. The number of hydrogen-bond donors (Lipinski definition) is 2. The van der Waals surface area contributed by atoms with E-state index in [9.17, 15) is 10.4 Å². The third kappa shape index (κ3) is 12.9. The Morgan fingerprint density at radius 1 is 1.29 bits per heavy atom. The van der Waals surface area contributed by atoms with Gasteiger partial charge in [0.25, 0.3) is 0 Å². The van der Waals surface area contributed by atoms with Crippen molar-refractivity contribution in [3.05, 3.63) is 29.7 Å². The van der Waals surface area contributed by atoms with Crippen molar-refractivity contribution in [1.82, 2.24) is 5.32 Å². The van der Waals surface area contributed by atoms with E-state index in [1.54, 1.807) is 0 Å². The van der Waals surface area contributed by atoms with Gasteiger partial charge < -0.3 is 19.9 Å². The van der Waals surface area contributed by atoms with E-state index < -0.39 is 6.10 Å². The average Bonchev–Trinajstić information content (AvgIpc) is 2.57. The smallest absolute Gasteiger partial charge is 0.0869 e. The summed E-state index contributed by atoms with van der Waals surface area (Å²) in [5, 5.41) is 21.8. The van der Waals surface area contributed by atoms with Crippen molar-refractivity contribution in [3.63, 3.8) is 0 Å². The SMILES string of the molecule is C=C(C)CC(=C=CCC)NCC(C#N)COCCOCC(O)CC. The van der Waals surface area contributed by atoms with Crippen LogP contribution in [-0.4, -0.2) is 44.2 Å². The van der Waals surface area contributed by atoms with Crippen LogP contribution < -0.4 is 5.32 Å². The predicted octanol–water partition coefficient (Wildman–Crippen LogP) is 2.94. The van der Waals surface area contributed by atoms with E-state index in [1.165, 1.54) is 0 Å². The number of hydrogen-bond acceptors (Lipinski definition) is 5. The van der Waals surface area contributed by atoms with Crippen LogP contribution in [-0.2, 0) is 9.47 Å². The van der Waals surface area contributed by atoms with Gasteiger partial charge in [0.15, 0.2) is 0 Å². The van der Waals surface area contributed by atoms with Crippen LogP contribution in [0.3, 0.4) is 0 Å². The highest BCUT2D eigenvalue weighted by Gasteiger charge is 2.09. The molecule has 24 heavy (non-hydrogen) atoms. The summed E-state index contributed by atoms with van der Waals surface area (Å²) in [7, 11) is 0. The number of aliphatic hydroxyl groups excluding tert-OH is 1. The minimum Gasteiger partial charge on any atom is -0.391 e. The maximum Gasteiger partial charge on any atom is 0.0869 e. The first-order valence-corrected chi connectivity index (χ1v) is 8.58. The zero-order chi connectivity index (χ0) is 18.2. The van der Waals surface area contributed by atoms with Crippen LogP contribution in [0.5, 0.6) is 0 Å². The molecule has 0 aliphatic carbocycles. The summed E-state index contributed by atoms with van der Waals surface area (Å²) < 4.78 is 10.8. The summed E-state index contributed by atoms with van der Waals surface area (Å²) in [5.41, 5.74) is 5.20. The molecule has 2 unspecified atom stereocenters. The van der Waals surface area contributed by atoms with Gasteiger partial charge in [-0.25, -0.2) is 0 Å². The second-order valence-corrected chi connectivity index (χ2v) is 5.79. The quantitative estimate of drug-likeness (QED) is 0.290. The van der Waals surface area contributed by atoms with Crippen LogP contribution in [0.25, 0.3) is 0 Å². The van der Waals surface area contributed by atoms with E-state index in [2.05, 4.69) is 30.6 Å². The number of allylic oxidation sites excluding steroid dienone is 1. The molecule has 0 aromatic carbocycles. The molecule has 0 spiro atoms. The van der Waals surface area contributed by atoms with Crippen LogP contribution in [0.15, 0.2) is 29.7 Å². The third-order valence-corrected chi connectivity index (χ3v) is 3.18. The molecule has 0 rings (SSSR count). The molecule has 0 heterocycles. The fourth-order valence-electron chi connectivity index (χ4n) is 1.76. The van der Waals surface area contributed by atoms with Gasteiger partial charge in [-0.15, -0.1) is 5.73 Å². The highest BCUT2D eigenvalue weighted by molar-refractivity contribution is 5.10. The Bertz CT molecular complexity index is 448. The molecular weight excluding hydrogens is 304 g/mol. The lowest BCUT2D eigenvalue weighted by Gasteiger charge is -2.14. The highest BCUT2D eigenvalue weighted by atomic mass is 16.5. The van der Waals surface area contributed by atoms with Gasteiger partial charge in [0, 0.05) is 13.0 Å². The fourth-order valence-corrected chi connectivity index (χ4v) is 1.76. The Kier molecular flexibility index (Phi) is 14.0. The van der Waals surface area contributed by atoms with Crippen LogP contribution in [0.4, 0.5) is 0 Å². The zero-order valence-corrected chi connectivity index (χ0v) is 15.3. The molecule has 136 valence electrons. The summed E-state index contributed by atoms with van der Waals surface area (Å²) in [5.74, 6) is -0.241. The number of nitrogens with one attached hydrogen (secondary N) is 1. The Balaban J connectivity index is 4.07. The normalized spacial score (nSPS) is 12.6. The molecule has 0 bridgehead atoms. The molecule has 2 atom stereocenters. The van der Waals surface area contributed by atoms with Gasteiger partial charge in [-0.3, -0.25) is 0 Å². The largest absolute Gasteiger partial charge is 0.391 e. The first kappa shape index (κ1) is 22.4. The summed E-state index contributed by atoms with van der Waals surface area (Å²) in [6, 6.07) is 2.24. The molecule has 0 amide bonds. The molecule has 0 aliphatic heterocycles. The predicted molar refractivity (Wildman–Crippen MR) is 96.4 cm³/mol. The second-order valence-electron chi connectivity index (χ2n) is 5.79. The van der Waals surface area contributed by atoms with Crippen molar-refractivity contribution in [2.75, 3.05) is 33.0 Å². The number of ether oxygens (including phenoxy) is 2. The Morgan fingerprint density at radius 3 is 2.50 bits per heavy atom. The fraction of sp³-hybridized carbons (Fsp3) is 0.684. The first-order valence-electron chi connectivity index (χ1n) is 8.58. The average molecular weight is 336 g/mol. The van der Waals surface area contributed by atoms with Crippen LogP contribution in [0, 0.1) is 17.2 Å². The second kappa shape index (κ2) is 15.0. The van der Waals surface area contributed by atoms with E-state index in [0.717, 1.165) is 24.1 Å². The topological polar surface area (TPSA) is 74.5 Å². The Hall–Kier alpha value is -1.57. The van der Waals surface area contributed by atoms with Crippen molar-refractivity contribution in [2.24, 2.45) is 5.92 Å². The Labute approximate surface area is 146 Å². The molecule has 0 saturated carbocycles. The van der Waals surface area contributed by atoms with Gasteiger partial charge in [-0.05, 0) is 25.8 Å². The molecule has 0 aromatic rings. The van der Waals surface area contributed by atoms with E-state index in [4.69, 9.17) is 9.47 Å². The zero-order valence-electron chi connectivity index (χ0n) is 15.3. The molecular formula is C19H32N2O3. The van der Waals surface area contributed by atoms with E-state index in [0.29, 0.717) is 39.4 Å². The van der Waals surface area contributed by atoms with Crippen molar-refractivity contribution < 1.29 is 14.6 Å². The van der Waals surface area contributed by atoms with Crippen molar-refractivity contribution >= 4 is 0 Å². The third-order valence-electron chi connectivity index (χ3n) is 3.18. The molecule has 0 aliphatic rings. The van der Waals surface area contributed by atoms with Crippen LogP contribution in [0.2, 0.25) is 0 Å². The molecule has 5 heteroatoms. The van der Waals surface area contributed by atoms with Gasteiger partial charge in [0.2, 0.25) is 0 Å². The van der Waals surface area contributed by atoms with Crippen molar-refractivity contribution in [2.45, 2.75) is 46.1 Å². The molecule has 0 aromatic heterocycles. The molecule has 2 N–H and O–H groups in total.